The highest BCUT2D eigenvalue weighted by atomic mass is 35.5. The van der Waals surface area contributed by atoms with Crippen molar-refractivity contribution in [3.8, 4) is 0 Å². The highest BCUT2D eigenvalue weighted by Crippen LogP contribution is 2.16. The van der Waals surface area contributed by atoms with Crippen LogP contribution in [0.15, 0.2) is 12.3 Å². The van der Waals surface area contributed by atoms with Gasteiger partial charge in [-0.3, -0.25) is 0 Å². The number of nitrogens with zero attached hydrogens (tertiary/aromatic N) is 1. The monoisotopic (exact) mass is 187 g/mol. The van der Waals surface area contributed by atoms with Gasteiger partial charge in [-0.15, -0.1) is 0 Å². The molecular formula is C6H4ClN2O3-. The van der Waals surface area contributed by atoms with Crippen molar-refractivity contribution in [1.82, 2.24) is 4.98 Å². The van der Waals surface area contributed by atoms with Gasteiger partial charge in [-0.25, -0.2) is 9.78 Å². The number of anilines is 1. The molecule has 0 saturated carbocycles. The summed E-state index contributed by atoms with van der Waals surface area (Å²) in [4.78, 5) is 13.9. The molecule has 0 atom stereocenters. The molecule has 0 unspecified atom stereocenters. The van der Waals surface area contributed by atoms with Crippen LogP contribution >= 0.6 is 11.6 Å². The molecule has 0 fully saturated rings. The summed E-state index contributed by atoms with van der Waals surface area (Å²) in [5, 5.41) is 18.5. The molecule has 64 valence electrons. The molecule has 6 heteroatoms. The second-order valence-electron chi connectivity index (χ2n) is 1.97. The minimum Gasteiger partial charge on any atom is -0.761 e. The van der Waals surface area contributed by atoms with Crippen LogP contribution in [0.1, 0.15) is 10.4 Å². The number of rotatable bonds is 2. The predicted octanol–water partition coefficient (Wildman–Crippen LogP) is 1.34. The topological polar surface area (TPSA) is 85.3 Å². The Morgan fingerprint density at radius 1 is 1.75 bits per heavy atom. The van der Waals surface area contributed by atoms with Gasteiger partial charge in [0.15, 0.2) is 0 Å². The Balaban J connectivity index is 3.17. The summed E-state index contributed by atoms with van der Waals surface area (Å²) in [5.74, 6) is -1.22. The molecule has 0 radical (unpaired) electrons. The average molecular weight is 188 g/mol. The van der Waals surface area contributed by atoms with Crippen LogP contribution in [0.3, 0.4) is 0 Å². The molecule has 1 aromatic heterocycles. The smallest absolute Gasteiger partial charge is 0.338 e. The zero-order chi connectivity index (χ0) is 9.14. The number of aromatic nitrogens is 1. The third-order valence-corrected chi connectivity index (χ3v) is 1.49. The normalized spacial score (nSPS) is 9.50. The summed E-state index contributed by atoms with van der Waals surface area (Å²) in [7, 11) is 0. The number of carboxylic acids is 1. The molecule has 0 aliphatic carbocycles. The molecule has 1 rings (SSSR count). The van der Waals surface area contributed by atoms with Crippen molar-refractivity contribution in [2.75, 3.05) is 5.48 Å². The first-order valence-corrected chi connectivity index (χ1v) is 3.30. The number of pyridine rings is 1. The molecule has 0 aliphatic heterocycles. The first-order valence-electron chi connectivity index (χ1n) is 2.92. The lowest BCUT2D eigenvalue weighted by Crippen LogP contribution is -2.00. The zero-order valence-corrected chi connectivity index (χ0v) is 6.50. The Morgan fingerprint density at radius 2 is 2.42 bits per heavy atom. The first kappa shape index (κ1) is 8.76. The van der Waals surface area contributed by atoms with Gasteiger partial charge in [-0.05, 0) is 6.07 Å². The van der Waals surface area contributed by atoms with E-state index in [-0.39, 0.29) is 16.4 Å². The van der Waals surface area contributed by atoms with E-state index in [0.717, 1.165) is 12.3 Å². The second-order valence-corrected chi connectivity index (χ2v) is 2.33. The third-order valence-electron chi connectivity index (χ3n) is 1.19. The molecule has 5 nitrogen and oxygen atoms in total. The summed E-state index contributed by atoms with van der Waals surface area (Å²) in [6, 6.07) is 1.12. The first-order chi connectivity index (χ1) is 5.65. The van der Waals surface area contributed by atoms with Gasteiger partial charge in [0, 0.05) is 5.69 Å². The molecule has 0 aliphatic rings. The molecule has 12 heavy (non-hydrogen) atoms. The number of aromatic carboxylic acids is 1. The van der Waals surface area contributed by atoms with Crippen LogP contribution in [-0.4, -0.2) is 16.1 Å². The minimum absolute atomic E-state index is 0.0665. The molecule has 0 amide bonds. The lowest BCUT2D eigenvalue weighted by molar-refractivity contribution is 0.0696. The van der Waals surface area contributed by atoms with Gasteiger partial charge in [0.25, 0.3) is 0 Å². The molecule has 1 aromatic rings. The number of carbonyl (C=O) groups is 1. The fraction of sp³-hybridized carbons (Fsp3) is 0. The van der Waals surface area contributed by atoms with E-state index in [0.29, 0.717) is 0 Å². The number of hydrogen-bond acceptors (Lipinski definition) is 4. The number of hydrogen-bond donors (Lipinski definition) is 2. The van der Waals surface area contributed by atoms with Crippen molar-refractivity contribution in [3.05, 3.63) is 28.2 Å². The molecule has 0 spiro atoms. The Morgan fingerprint density at radius 3 is 2.92 bits per heavy atom. The van der Waals surface area contributed by atoms with Gasteiger partial charge < -0.3 is 15.8 Å². The van der Waals surface area contributed by atoms with Crippen molar-refractivity contribution in [2.24, 2.45) is 0 Å². The van der Waals surface area contributed by atoms with Gasteiger partial charge in [-0.2, -0.15) is 0 Å². The van der Waals surface area contributed by atoms with E-state index < -0.39 is 5.97 Å². The number of halogens is 1. The van der Waals surface area contributed by atoms with Crippen molar-refractivity contribution in [2.45, 2.75) is 0 Å². The molecule has 2 N–H and O–H groups in total. The van der Waals surface area contributed by atoms with Gasteiger partial charge in [0.05, 0.1) is 11.8 Å². The van der Waals surface area contributed by atoms with E-state index in [1.807, 2.05) is 0 Å². The van der Waals surface area contributed by atoms with E-state index in [9.17, 15) is 10.0 Å². The van der Waals surface area contributed by atoms with Crippen LogP contribution in [0.25, 0.3) is 0 Å². The van der Waals surface area contributed by atoms with Gasteiger partial charge in [0.1, 0.15) is 5.15 Å². The summed E-state index contributed by atoms with van der Waals surface area (Å²) in [6.07, 6.45) is 1.15. The molecule has 1 heterocycles. The van der Waals surface area contributed by atoms with Crippen LogP contribution in [0.4, 0.5) is 5.69 Å². The maximum Gasteiger partial charge on any atom is 0.338 e. The Hall–Kier alpha value is -1.33. The molecule has 0 aromatic carbocycles. The second kappa shape index (κ2) is 3.38. The van der Waals surface area contributed by atoms with Crippen molar-refractivity contribution in [1.29, 1.82) is 0 Å². The van der Waals surface area contributed by atoms with Crippen molar-refractivity contribution >= 4 is 23.3 Å². The summed E-state index contributed by atoms with van der Waals surface area (Å²) in [5.41, 5.74) is 1.38. The maximum atomic E-state index is 10.4. The maximum absolute atomic E-state index is 10.4. The van der Waals surface area contributed by atoms with E-state index in [1.165, 1.54) is 5.48 Å². The Bertz CT molecular complexity index is 316. The highest BCUT2D eigenvalue weighted by molar-refractivity contribution is 6.32. The van der Waals surface area contributed by atoms with Crippen LogP contribution in [0.5, 0.6) is 0 Å². The standard InChI is InChI=1S/C6H4ClN2O3/c7-5-4(6(10)11)1-3(9-12)2-8-5/h1-2,9H,(H,10,11)/q-1. The lowest BCUT2D eigenvalue weighted by atomic mass is 10.3. The average Bonchev–Trinajstić information content (AvgIpc) is 2.05. The van der Waals surface area contributed by atoms with Crippen molar-refractivity contribution < 1.29 is 9.90 Å². The zero-order valence-electron chi connectivity index (χ0n) is 5.74. The molecule has 0 bridgehead atoms. The fourth-order valence-corrected chi connectivity index (χ4v) is 0.838. The van der Waals surface area contributed by atoms with E-state index in [1.54, 1.807) is 0 Å². The summed E-state index contributed by atoms with van der Waals surface area (Å²) >= 11 is 5.43. The van der Waals surface area contributed by atoms with Gasteiger partial charge >= 0.3 is 5.97 Å². The van der Waals surface area contributed by atoms with E-state index in [4.69, 9.17) is 16.7 Å². The van der Waals surface area contributed by atoms with Gasteiger partial charge in [0.2, 0.25) is 0 Å². The minimum atomic E-state index is -1.22. The van der Waals surface area contributed by atoms with Gasteiger partial charge in [-0.1, -0.05) is 11.6 Å². The highest BCUT2D eigenvalue weighted by Gasteiger charge is 2.09. The molecule has 0 saturated heterocycles. The quantitative estimate of drug-likeness (QED) is 0.539. The molecular weight excluding hydrogens is 184 g/mol. The lowest BCUT2D eigenvalue weighted by Gasteiger charge is -2.08. The predicted molar refractivity (Wildman–Crippen MR) is 43.2 cm³/mol. The van der Waals surface area contributed by atoms with Crippen LogP contribution < -0.4 is 5.48 Å². The Labute approximate surface area is 72.6 Å². The Kier molecular flexibility index (Phi) is 2.47. The van der Waals surface area contributed by atoms with Crippen LogP contribution in [0.2, 0.25) is 5.15 Å². The summed E-state index contributed by atoms with van der Waals surface area (Å²) < 4.78 is 0. The largest absolute Gasteiger partial charge is 0.761 e. The third kappa shape index (κ3) is 1.63. The van der Waals surface area contributed by atoms with Crippen LogP contribution in [0, 0.1) is 5.21 Å². The van der Waals surface area contributed by atoms with E-state index in [2.05, 4.69) is 4.98 Å². The SMILES string of the molecule is O=C(O)c1cc(N[O-])cnc1Cl. The summed E-state index contributed by atoms with van der Waals surface area (Å²) in [6.45, 7) is 0. The fourth-order valence-electron chi connectivity index (χ4n) is 0.654. The van der Waals surface area contributed by atoms with Crippen LogP contribution in [-0.2, 0) is 0 Å². The van der Waals surface area contributed by atoms with Crippen molar-refractivity contribution in [3.63, 3.8) is 0 Å². The number of carboxylic acid groups (broad SMARTS) is 1. The number of nitrogens with one attached hydrogen (secondary N) is 1. The van der Waals surface area contributed by atoms with E-state index >= 15 is 0 Å².